The van der Waals surface area contributed by atoms with Crippen molar-refractivity contribution in [2.24, 2.45) is 0 Å². The number of thioether (sulfide) groups is 1. The standard InChI is InChI=1S/C21H21N3O7S/c1-5-30-15(25)11-13(20(28)31-6-2)24-12-9-7-8-10-14(12)32-19(24)16-17(26)22(3)21(29)23(4)18(16)27/h7-11H,5-6H2,1-4H3/b13-11-. The summed E-state index contributed by atoms with van der Waals surface area (Å²) >= 11 is 1.07. The van der Waals surface area contributed by atoms with Crippen LogP contribution < -0.4 is 4.90 Å². The molecule has 0 unspecified atom stereocenters. The molecule has 0 aromatic heterocycles. The second-order valence-corrected chi connectivity index (χ2v) is 7.63. The van der Waals surface area contributed by atoms with E-state index in [0.29, 0.717) is 10.6 Å². The van der Waals surface area contributed by atoms with Crippen LogP contribution in [0.4, 0.5) is 10.5 Å². The molecule has 0 N–H and O–H groups in total. The first kappa shape index (κ1) is 23.1. The molecule has 2 heterocycles. The predicted octanol–water partition coefficient (Wildman–Crippen LogP) is 1.87. The van der Waals surface area contributed by atoms with Gasteiger partial charge in [-0.05, 0) is 26.0 Å². The van der Waals surface area contributed by atoms with E-state index in [1.807, 2.05) is 0 Å². The fourth-order valence-corrected chi connectivity index (χ4v) is 4.30. The molecular formula is C21H21N3O7S. The molecule has 2 aliphatic rings. The molecule has 0 bridgehead atoms. The monoisotopic (exact) mass is 459 g/mol. The third-order valence-electron chi connectivity index (χ3n) is 4.61. The summed E-state index contributed by atoms with van der Waals surface area (Å²) in [6, 6.07) is 6.10. The lowest BCUT2D eigenvalue weighted by atomic mass is 10.1. The van der Waals surface area contributed by atoms with Gasteiger partial charge in [-0.25, -0.2) is 14.4 Å². The number of carbonyl (C=O) groups excluding carboxylic acids is 5. The minimum absolute atomic E-state index is 0.0331. The molecule has 0 aliphatic carbocycles. The smallest absolute Gasteiger partial charge is 0.355 e. The number of anilines is 1. The summed E-state index contributed by atoms with van der Waals surface area (Å²) in [4.78, 5) is 66.7. The largest absolute Gasteiger partial charge is 0.463 e. The van der Waals surface area contributed by atoms with Crippen molar-refractivity contribution in [2.75, 3.05) is 32.2 Å². The highest BCUT2D eigenvalue weighted by Gasteiger charge is 2.44. The van der Waals surface area contributed by atoms with E-state index >= 15 is 0 Å². The Morgan fingerprint density at radius 2 is 1.56 bits per heavy atom. The summed E-state index contributed by atoms with van der Waals surface area (Å²) in [5, 5.41) is 0.0796. The van der Waals surface area contributed by atoms with E-state index in [1.54, 1.807) is 38.1 Å². The number of urea groups is 1. The molecule has 10 nitrogen and oxygen atoms in total. The van der Waals surface area contributed by atoms with Crippen molar-refractivity contribution >= 4 is 47.2 Å². The summed E-state index contributed by atoms with van der Waals surface area (Å²) in [5.74, 6) is -3.28. The third kappa shape index (κ3) is 3.98. The van der Waals surface area contributed by atoms with E-state index in [2.05, 4.69) is 0 Å². The Morgan fingerprint density at radius 1 is 0.969 bits per heavy atom. The quantitative estimate of drug-likeness (QED) is 0.370. The van der Waals surface area contributed by atoms with Gasteiger partial charge in [-0.15, -0.1) is 0 Å². The molecule has 1 aromatic rings. The van der Waals surface area contributed by atoms with E-state index < -0.39 is 29.8 Å². The highest BCUT2D eigenvalue weighted by Crippen LogP contribution is 2.50. The van der Waals surface area contributed by atoms with Crippen LogP contribution >= 0.6 is 11.8 Å². The normalized spacial score (nSPS) is 16.6. The lowest BCUT2D eigenvalue weighted by Crippen LogP contribution is -2.53. The molecule has 0 saturated carbocycles. The van der Waals surface area contributed by atoms with Crippen LogP contribution in [0.1, 0.15) is 13.8 Å². The number of ether oxygens (including phenoxy) is 2. The number of nitrogens with zero attached hydrogens (tertiary/aromatic N) is 3. The number of likely N-dealkylation sites (N-methyl/N-ethyl adjacent to an activating group) is 2. The van der Waals surface area contributed by atoms with E-state index in [0.717, 1.165) is 27.6 Å². The number of amides is 4. The van der Waals surface area contributed by atoms with Gasteiger partial charge in [0.2, 0.25) is 0 Å². The first-order valence-corrected chi connectivity index (χ1v) is 10.5. The molecule has 3 rings (SSSR count). The van der Waals surface area contributed by atoms with Crippen molar-refractivity contribution in [3.05, 3.63) is 46.6 Å². The average molecular weight is 459 g/mol. The Morgan fingerprint density at radius 3 is 2.16 bits per heavy atom. The maximum absolute atomic E-state index is 13.0. The Balaban J connectivity index is 2.27. The van der Waals surface area contributed by atoms with Gasteiger partial charge in [-0.3, -0.25) is 24.3 Å². The predicted molar refractivity (Wildman–Crippen MR) is 114 cm³/mol. The number of barbiturate groups is 1. The number of hydrogen-bond donors (Lipinski definition) is 0. The number of carbonyl (C=O) groups is 5. The molecule has 1 saturated heterocycles. The first-order chi connectivity index (χ1) is 15.2. The highest BCUT2D eigenvalue weighted by atomic mass is 32.2. The van der Waals surface area contributed by atoms with Gasteiger partial charge in [0.1, 0.15) is 16.3 Å². The molecule has 1 aromatic carbocycles. The van der Waals surface area contributed by atoms with Crippen LogP contribution in [0.2, 0.25) is 0 Å². The molecule has 0 radical (unpaired) electrons. The zero-order valence-electron chi connectivity index (χ0n) is 17.9. The highest BCUT2D eigenvalue weighted by molar-refractivity contribution is 8.03. The average Bonchev–Trinajstić information content (AvgIpc) is 3.14. The molecule has 2 aliphatic heterocycles. The van der Waals surface area contributed by atoms with Gasteiger partial charge < -0.3 is 9.47 Å². The number of fused-ring (bicyclic) bond motifs is 1. The fourth-order valence-electron chi connectivity index (χ4n) is 3.11. The second kappa shape index (κ2) is 9.27. The van der Waals surface area contributed by atoms with Crippen molar-refractivity contribution in [2.45, 2.75) is 18.7 Å². The lowest BCUT2D eigenvalue weighted by molar-refractivity contribution is -0.141. The van der Waals surface area contributed by atoms with Gasteiger partial charge in [-0.1, -0.05) is 23.9 Å². The van der Waals surface area contributed by atoms with Crippen LogP contribution in [0, 0.1) is 0 Å². The number of hydrogen-bond acceptors (Lipinski definition) is 9. The maximum atomic E-state index is 13.0. The summed E-state index contributed by atoms with van der Waals surface area (Å²) < 4.78 is 10.1. The van der Waals surface area contributed by atoms with Gasteiger partial charge in [0.25, 0.3) is 11.8 Å². The van der Waals surface area contributed by atoms with Crippen molar-refractivity contribution in [3.8, 4) is 0 Å². The molecule has 168 valence electrons. The Labute approximate surface area is 188 Å². The van der Waals surface area contributed by atoms with Crippen molar-refractivity contribution < 1.29 is 33.4 Å². The molecule has 0 atom stereocenters. The molecule has 4 amide bonds. The number of para-hydroxylation sites is 1. The van der Waals surface area contributed by atoms with E-state index in [1.165, 1.54) is 19.0 Å². The van der Waals surface area contributed by atoms with Crippen LogP contribution in [-0.2, 0) is 28.7 Å². The van der Waals surface area contributed by atoms with Crippen LogP contribution in [0.3, 0.4) is 0 Å². The van der Waals surface area contributed by atoms with E-state index in [9.17, 15) is 24.0 Å². The topological polar surface area (TPSA) is 114 Å². The first-order valence-electron chi connectivity index (χ1n) is 9.69. The van der Waals surface area contributed by atoms with Gasteiger partial charge in [0, 0.05) is 19.0 Å². The van der Waals surface area contributed by atoms with Crippen LogP contribution in [0.15, 0.2) is 51.5 Å². The van der Waals surface area contributed by atoms with Gasteiger partial charge in [-0.2, -0.15) is 0 Å². The summed E-state index contributed by atoms with van der Waals surface area (Å²) in [7, 11) is 2.51. The zero-order chi connectivity index (χ0) is 23.6. The van der Waals surface area contributed by atoms with Gasteiger partial charge >= 0.3 is 18.0 Å². The molecule has 11 heteroatoms. The Bertz CT molecular complexity index is 1050. The minimum atomic E-state index is -0.843. The van der Waals surface area contributed by atoms with Crippen LogP contribution in [0.5, 0.6) is 0 Å². The summed E-state index contributed by atoms with van der Waals surface area (Å²) in [6.45, 7) is 3.34. The van der Waals surface area contributed by atoms with Gasteiger partial charge in [0.05, 0.1) is 25.0 Å². The Kier molecular flexibility index (Phi) is 6.68. The molecule has 32 heavy (non-hydrogen) atoms. The zero-order valence-corrected chi connectivity index (χ0v) is 18.7. The van der Waals surface area contributed by atoms with Crippen molar-refractivity contribution in [1.29, 1.82) is 0 Å². The van der Waals surface area contributed by atoms with Crippen LogP contribution in [-0.4, -0.2) is 66.9 Å². The summed E-state index contributed by atoms with van der Waals surface area (Å²) in [6.07, 6.45) is 0.959. The number of esters is 2. The van der Waals surface area contributed by atoms with Crippen LogP contribution in [0.25, 0.3) is 0 Å². The number of rotatable bonds is 5. The third-order valence-corrected chi connectivity index (χ3v) is 5.75. The maximum Gasteiger partial charge on any atom is 0.355 e. The number of benzene rings is 1. The number of imide groups is 2. The molecular weight excluding hydrogens is 438 g/mol. The minimum Gasteiger partial charge on any atom is -0.463 e. The van der Waals surface area contributed by atoms with E-state index in [-0.39, 0.29) is 29.5 Å². The fraction of sp³-hybridized carbons (Fsp3) is 0.286. The van der Waals surface area contributed by atoms with Crippen molar-refractivity contribution in [3.63, 3.8) is 0 Å². The second-order valence-electron chi connectivity index (χ2n) is 6.60. The van der Waals surface area contributed by atoms with E-state index in [4.69, 9.17) is 9.47 Å². The molecule has 1 fully saturated rings. The van der Waals surface area contributed by atoms with Crippen molar-refractivity contribution in [1.82, 2.24) is 9.80 Å². The Hall–Kier alpha value is -3.60. The SMILES string of the molecule is CCOC(=O)/C=C(/C(=O)OCC)N1C(=C2C(=O)N(C)C(=O)N(C)C2=O)Sc2ccccc21. The lowest BCUT2D eigenvalue weighted by Gasteiger charge is -2.31. The van der Waals surface area contributed by atoms with Gasteiger partial charge in [0.15, 0.2) is 0 Å². The molecule has 0 spiro atoms. The summed E-state index contributed by atoms with van der Waals surface area (Å²) in [5.41, 5.74) is -0.0747.